The number of aliphatic hydroxyl groups is 37. The minimum Gasteiger partial charge on any atom is -0.396 e. The van der Waals surface area contributed by atoms with E-state index in [2.05, 4.69) is 0 Å². The van der Waals surface area contributed by atoms with Gasteiger partial charge in [0.1, 0.15) is 0 Å². The molecule has 4 saturated carbocycles. The molecule has 8 atom stereocenters. The zero-order chi connectivity index (χ0) is 90.1. The molecule has 0 radical (unpaired) electrons. The third kappa shape index (κ3) is 23.2. The van der Waals surface area contributed by atoms with Crippen molar-refractivity contribution in [3.8, 4) is 0 Å². The molecule has 4 aliphatic carbocycles. The van der Waals surface area contributed by atoms with E-state index < -0.39 is 221 Å². The highest BCUT2D eigenvalue weighted by Gasteiger charge is 2.62. The summed E-state index contributed by atoms with van der Waals surface area (Å²) in [6.07, 6.45) is -0.891. The van der Waals surface area contributed by atoms with Crippen molar-refractivity contribution in [2.24, 2.45) is 86.6 Å². The van der Waals surface area contributed by atoms with E-state index in [1.165, 1.54) is 0 Å². The zero-order valence-corrected chi connectivity index (χ0v) is 68.4. The Morgan fingerprint density at radius 3 is 0.658 bits per heavy atom. The van der Waals surface area contributed by atoms with E-state index in [1.54, 1.807) is 13.8 Å². The monoisotopic (exact) mass is 1720 g/mol. The number of fused-ring (bicyclic) bond motifs is 4. The number of hydrogen-bond donors (Lipinski definition) is 37. The summed E-state index contributed by atoms with van der Waals surface area (Å²) in [7, 11) is 0. The lowest BCUT2D eigenvalue weighted by molar-refractivity contribution is -0.230. The first-order valence-corrected chi connectivity index (χ1v) is 39.7. The van der Waals surface area contributed by atoms with Crippen molar-refractivity contribution >= 4 is 0 Å². The Balaban J connectivity index is 0.000000669. The Labute approximate surface area is 683 Å². The van der Waals surface area contributed by atoms with Crippen LogP contribution in [0.1, 0.15) is 97.8 Å². The smallest absolute Gasteiger partial charge is 0.0785 e. The van der Waals surface area contributed by atoms with Crippen LogP contribution in [0.25, 0.3) is 0 Å². The number of rotatable bonds is 35. The van der Waals surface area contributed by atoms with Crippen molar-refractivity contribution in [1.82, 2.24) is 0 Å². The van der Waals surface area contributed by atoms with Gasteiger partial charge in [-0.25, -0.2) is 0 Å². The Morgan fingerprint density at radius 2 is 0.444 bits per heavy atom. The van der Waals surface area contributed by atoms with Crippen LogP contribution in [0.3, 0.4) is 0 Å². The first-order valence-electron chi connectivity index (χ1n) is 39.7. The fourth-order valence-corrected chi connectivity index (χ4v) is 17.2. The molecule has 117 heavy (non-hydrogen) atoms. The Morgan fingerprint density at radius 1 is 0.239 bits per heavy atom. The van der Waals surface area contributed by atoms with Gasteiger partial charge in [-0.1, -0.05) is 33.6 Å². The van der Waals surface area contributed by atoms with Crippen molar-refractivity contribution in [2.45, 2.75) is 147 Å². The van der Waals surface area contributed by atoms with Crippen LogP contribution in [-0.4, -0.2) is 482 Å². The van der Waals surface area contributed by atoms with Crippen molar-refractivity contribution < 1.29 is 208 Å². The van der Waals surface area contributed by atoms with Gasteiger partial charge in [0, 0.05) is 54.1 Å². The van der Waals surface area contributed by atoms with Crippen LogP contribution < -0.4 is 0 Å². The van der Waals surface area contributed by atoms with Crippen molar-refractivity contribution in [3.05, 3.63) is 0 Å². The molecule has 8 fully saturated rings. The predicted octanol–water partition coefficient (Wildman–Crippen LogP) is -13.7. The number of ether oxygens (including phenoxy) is 4. The van der Waals surface area contributed by atoms with Gasteiger partial charge in [0.05, 0.1) is 326 Å². The maximum atomic E-state index is 10.2. The van der Waals surface area contributed by atoms with Crippen LogP contribution >= 0.6 is 0 Å². The molecular weight excluding hydrogens is 1570 g/mol. The number of aliphatic hydroxyl groups excluding tert-OH is 37. The average molecular weight is 1720 g/mol. The quantitative estimate of drug-likeness (QED) is 0.0280. The van der Waals surface area contributed by atoms with Crippen molar-refractivity contribution in [2.75, 3.05) is 244 Å². The SMILES string of the molecule is CCC(C)(CO)C(O)C(CO)(CO)CO.CCC1(CO)COCC(CO)(CO)C1O.OCC(CO)(CO)C(O)C(CO)(CO)CO.OCC1(CO)CCC(CO)(CO)C1O.OCC1(CO)CCCC(CO)(CO)C1O.OCC1(CO)COCC(CO)(CO)C1O.OCC12CCC(CO)(COC1)C2O.OCC12CCCC(CO)(COC1)C2O. The van der Waals surface area contributed by atoms with Crippen molar-refractivity contribution in [3.63, 3.8) is 0 Å². The van der Waals surface area contributed by atoms with Crippen molar-refractivity contribution in [1.29, 1.82) is 0 Å². The zero-order valence-electron chi connectivity index (χ0n) is 68.4. The van der Waals surface area contributed by atoms with E-state index in [0.29, 0.717) is 71.4 Å². The van der Waals surface area contributed by atoms with Gasteiger partial charge in [0.15, 0.2) is 0 Å². The molecule has 8 aliphatic rings. The second-order valence-electron chi connectivity index (χ2n) is 35.3. The molecular formula is C76H152O41. The van der Waals surface area contributed by atoms with Crippen LogP contribution in [0.15, 0.2) is 0 Å². The molecule has 4 saturated heterocycles. The molecule has 0 aromatic heterocycles. The maximum absolute atomic E-state index is 10.2. The fourth-order valence-electron chi connectivity index (χ4n) is 17.2. The third-order valence-corrected chi connectivity index (χ3v) is 28.1. The summed E-state index contributed by atoms with van der Waals surface area (Å²) in [5, 5.41) is 347. The average Bonchev–Trinajstić information content (AvgIpc) is 1.24. The highest BCUT2D eigenvalue weighted by atomic mass is 16.5. The minimum atomic E-state index is -1.69. The van der Waals surface area contributed by atoms with Gasteiger partial charge in [-0.05, 0) is 64.2 Å². The summed E-state index contributed by atoms with van der Waals surface area (Å²) in [6, 6.07) is 0. The van der Waals surface area contributed by atoms with Gasteiger partial charge in [-0.3, -0.25) is 0 Å². The van der Waals surface area contributed by atoms with E-state index >= 15 is 0 Å². The van der Waals surface area contributed by atoms with Crippen LogP contribution in [-0.2, 0) is 18.9 Å². The highest BCUT2D eigenvalue weighted by Crippen LogP contribution is 2.55. The van der Waals surface area contributed by atoms with Crippen LogP contribution in [0, 0.1) is 86.6 Å². The van der Waals surface area contributed by atoms with Crippen LogP contribution in [0.5, 0.6) is 0 Å². The van der Waals surface area contributed by atoms with E-state index in [-0.39, 0.29) is 132 Å². The summed E-state index contributed by atoms with van der Waals surface area (Å²) < 4.78 is 21.2. The van der Waals surface area contributed by atoms with Gasteiger partial charge in [-0.2, -0.15) is 0 Å². The maximum Gasteiger partial charge on any atom is 0.0785 e. The van der Waals surface area contributed by atoms with Crippen LogP contribution in [0.2, 0.25) is 0 Å². The van der Waals surface area contributed by atoms with Gasteiger partial charge >= 0.3 is 0 Å². The summed E-state index contributed by atoms with van der Waals surface area (Å²) in [4.78, 5) is 0. The molecule has 0 aromatic carbocycles. The lowest BCUT2D eigenvalue weighted by Gasteiger charge is -2.54. The van der Waals surface area contributed by atoms with Gasteiger partial charge < -0.3 is 208 Å². The minimum absolute atomic E-state index is 0.00289. The summed E-state index contributed by atoms with van der Waals surface area (Å²) in [6.45, 7) is -4.82. The predicted molar refractivity (Wildman–Crippen MR) is 408 cm³/mol. The molecule has 8 rings (SSSR count). The molecule has 8 unspecified atom stereocenters. The Bertz CT molecular complexity index is 2290. The second kappa shape index (κ2) is 50.0. The van der Waals surface area contributed by atoms with E-state index in [1.807, 2.05) is 6.92 Å². The lowest BCUT2D eigenvalue weighted by atomic mass is 9.59. The molecule has 4 bridgehead atoms. The first kappa shape index (κ1) is 113. The largest absolute Gasteiger partial charge is 0.396 e. The topological polar surface area (TPSA) is 785 Å². The van der Waals surface area contributed by atoms with E-state index in [0.717, 1.165) is 32.1 Å². The van der Waals surface area contributed by atoms with Gasteiger partial charge in [-0.15, -0.1) is 0 Å². The highest BCUT2D eigenvalue weighted by molar-refractivity contribution is 5.10. The molecule has 4 aliphatic heterocycles. The first-order chi connectivity index (χ1) is 55.3. The van der Waals surface area contributed by atoms with E-state index in [4.69, 9.17) is 85.3 Å². The molecule has 702 valence electrons. The second-order valence-corrected chi connectivity index (χ2v) is 35.3. The molecule has 37 N–H and O–H groups in total. The summed E-state index contributed by atoms with van der Waals surface area (Å²) in [5.74, 6) is 0. The lowest BCUT2D eigenvalue weighted by Crippen LogP contribution is -2.62. The fraction of sp³-hybridized carbons (Fsp3) is 1.00. The van der Waals surface area contributed by atoms with Gasteiger partial charge in [0.25, 0.3) is 0 Å². The molecule has 4 heterocycles. The third-order valence-electron chi connectivity index (χ3n) is 28.1. The Hall–Kier alpha value is -1.64. The molecule has 41 nitrogen and oxygen atoms in total. The molecule has 0 amide bonds. The molecule has 0 aromatic rings. The summed E-state index contributed by atoms with van der Waals surface area (Å²) in [5.41, 5.74) is -15.9. The van der Waals surface area contributed by atoms with E-state index in [9.17, 15) is 123 Å². The standard InChI is InChI=1S/2C10H20O5.C10H22O5.C10H18O4.C9H20O7.C9H18O6.C9H18O5.C9H16O4/c1-2-9(3-11)6-15-7-10(4-12,5-13)8(9)14;11-4-9(5-12)2-1-3-10(6-13,7-14)8(9)15;1-3-9(2,4-11)8(15)10(5-12,6-13)7-14;11-4-9-2-1-3-10(5-12,8(9)13)7-14-6-9;10-1-8(2-11,3-12)7(16)9(4-13,5-14)6-15;10-1-8(2-11)5-15-6-9(3-12,4-13)7(8)14;10-3-8(4-11)1-2-9(5-12,6-13)7(8)14;10-3-8-1-2-9(4-11,7(8)12)6-13-5-8/h8,11-14H,2-7H2,1H3;8,11-15H,1-7H2;8,11-15H,3-7H2,1-2H3;8,11-13H,1-7H2;7,10-16H,1-6H2;7,10-14H,1-6H2;7,10-14H,1-6H2;7,10-12H,1-6H2. The summed E-state index contributed by atoms with van der Waals surface area (Å²) >= 11 is 0. The van der Waals surface area contributed by atoms with Gasteiger partial charge in [0.2, 0.25) is 0 Å². The normalized spacial score (nSPS) is 29.6. The Kier molecular flexibility index (Phi) is 48.5. The molecule has 0 spiro atoms. The number of hydrogen-bond acceptors (Lipinski definition) is 41. The van der Waals surface area contributed by atoms with Crippen LogP contribution in [0.4, 0.5) is 0 Å². The molecule has 41 heteroatoms.